The lowest BCUT2D eigenvalue weighted by molar-refractivity contribution is -0.274. The third-order valence-electron chi connectivity index (χ3n) is 1.58. The molecule has 0 aliphatic carbocycles. The van der Waals surface area contributed by atoms with Gasteiger partial charge in [0.1, 0.15) is 5.75 Å². The van der Waals surface area contributed by atoms with Crippen LogP contribution in [-0.2, 0) is 11.2 Å². The topological polar surface area (TPSA) is 46.5 Å². The van der Waals surface area contributed by atoms with Crippen LogP contribution in [0.25, 0.3) is 0 Å². The molecule has 0 aliphatic rings. The third-order valence-corrected chi connectivity index (χ3v) is 2.20. The fraction of sp³-hybridized carbons (Fsp3) is 0.222. The number of halogens is 4. The van der Waals surface area contributed by atoms with Crippen LogP contribution in [-0.4, -0.2) is 17.4 Å². The molecule has 0 fully saturated rings. The van der Waals surface area contributed by atoms with Crippen molar-refractivity contribution in [3.05, 3.63) is 28.2 Å². The summed E-state index contributed by atoms with van der Waals surface area (Å²) >= 11 is 2.87. The van der Waals surface area contributed by atoms with E-state index in [1.807, 2.05) is 0 Å². The molecule has 3 nitrogen and oxygen atoms in total. The SMILES string of the molecule is O=C(O)Cc1ccc(OC(F)(F)F)c(Br)c1. The second-order valence-corrected chi connectivity index (χ2v) is 3.74. The molecular formula is C9H6BrF3O3. The van der Waals surface area contributed by atoms with E-state index in [-0.39, 0.29) is 10.9 Å². The summed E-state index contributed by atoms with van der Waals surface area (Å²) in [7, 11) is 0. The number of hydrogen-bond acceptors (Lipinski definition) is 2. The second kappa shape index (κ2) is 4.73. The Bertz CT molecular complexity index is 403. The quantitative estimate of drug-likeness (QED) is 0.933. The summed E-state index contributed by atoms with van der Waals surface area (Å²) in [5, 5.41) is 8.49. The highest BCUT2D eigenvalue weighted by Crippen LogP contribution is 2.31. The van der Waals surface area contributed by atoms with Crippen molar-refractivity contribution in [2.75, 3.05) is 0 Å². The molecule has 16 heavy (non-hydrogen) atoms. The van der Waals surface area contributed by atoms with E-state index < -0.39 is 18.1 Å². The predicted octanol–water partition coefficient (Wildman–Crippen LogP) is 2.97. The Kier molecular flexibility index (Phi) is 3.79. The van der Waals surface area contributed by atoms with Gasteiger partial charge in [-0.3, -0.25) is 4.79 Å². The van der Waals surface area contributed by atoms with Crippen LogP contribution >= 0.6 is 15.9 Å². The monoisotopic (exact) mass is 298 g/mol. The molecule has 0 saturated heterocycles. The van der Waals surface area contributed by atoms with Crippen LogP contribution in [0.3, 0.4) is 0 Å². The molecule has 1 rings (SSSR count). The highest BCUT2D eigenvalue weighted by atomic mass is 79.9. The van der Waals surface area contributed by atoms with E-state index in [1.165, 1.54) is 12.1 Å². The Morgan fingerprint density at radius 2 is 2.06 bits per heavy atom. The first-order valence-electron chi connectivity index (χ1n) is 4.04. The van der Waals surface area contributed by atoms with Crippen molar-refractivity contribution in [3.8, 4) is 5.75 Å². The number of carbonyl (C=O) groups is 1. The van der Waals surface area contributed by atoms with E-state index in [1.54, 1.807) is 0 Å². The van der Waals surface area contributed by atoms with E-state index in [9.17, 15) is 18.0 Å². The first-order valence-corrected chi connectivity index (χ1v) is 4.83. The van der Waals surface area contributed by atoms with Gasteiger partial charge in [0.15, 0.2) is 0 Å². The molecular weight excluding hydrogens is 293 g/mol. The minimum absolute atomic E-state index is 0.0589. The third kappa shape index (κ3) is 4.09. The maximum atomic E-state index is 11.9. The molecule has 0 unspecified atom stereocenters. The summed E-state index contributed by atoms with van der Waals surface area (Å²) in [4.78, 5) is 10.4. The van der Waals surface area contributed by atoms with Gasteiger partial charge in [-0.2, -0.15) is 0 Å². The fourth-order valence-electron chi connectivity index (χ4n) is 1.04. The van der Waals surface area contributed by atoms with Crippen LogP contribution in [0, 0.1) is 0 Å². The van der Waals surface area contributed by atoms with E-state index in [2.05, 4.69) is 20.7 Å². The number of rotatable bonds is 3. The molecule has 1 aromatic carbocycles. The summed E-state index contributed by atoms with van der Waals surface area (Å²) in [6.45, 7) is 0. The van der Waals surface area contributed by atoms with Gasteiger partial charge in [0.05, 0.1) is 10.9 Å². The number of benzene rings is 1. The van der Waals surface area contributed by atoms with E-state index in [4.69, 9.17) is 5.11 Å². The fourth-order valence-corrected chi connectivity index (χ4v) is 1.54. The van der Waals surface area contributed by atoms with E-state index in [0.717, 1.165) is 6.07 Å². The maximum absolute atomic E-state index is 11.9. The van der Waals surface area contributed by atoms with Crippen molar-refractivity contribution in [2.45, 2.75) is 12.8 Å². The maximum Gasteiger partial charge on any atom is 0.573 e. The number of aliphatic carboxylic acids is 1. The first kappa shape index (κ1) is 12.8. The zero-order chi connectivity index (χ0) is 12.3. The molecule has 0 heterocycles. The molecule has 0 spiro atoms. The number of carboxylic acids is 1. The van der Waals surface area contributed by atoms with E-state index >= 15 is 0 Å². The van der Waals surface area contributed by atoms with Crippen LogP contribution in [0.1, 0.15) is 5.56 Å². The summed E-state index contributed by atoms with van der Waals surface area (Å²) in [6, 6.07) is 3.60. The molecule has 0 amide bonds. The number of alkyl halides is 3. The molecule has 0 atom stereocenters. The number of hydrogen-bond donors (Lipinski definition) is 1. The Hall–Kier alpha value is -1.24. The van der Waals surface area contributed by atoms with Crippen molar-refractivity contribution in [1.82, 2.24) is 0 Å². The minimum Gasteiger partial charge on any atom is -0.481 e. The predicted molar refractivity (Wildman–Crippen MR) is 52.2 cm³/mol. The Morgan fingerprint density at radius 3 is 2.50 bits per heavy atom. The van der Waals surface area contributed by atoms with Crippen LogP contribution in [0.2, 0.25) is 0 Å². The molecule has 1 aromatic rings. The molecule has 0 radical (unpaired) electrons. The van der Waals surface area contributed by atoms with Crippen LogP contribution < -0.4 is 4.74 Å². The van der Waals surface area contributed by atoms with Crippen LogP contribution in [0.4, 0.5) is 13.2 Å². The normalized spacial score (nSPS) is 11.2. The van der Waals surface area contributed by atoms with Gasteiger partial charge in [-0.05, 0) is 33.6 Å². The molecule has 0 aliphatic heterocycles. The zero-order valence-corrected chi connectivity index (χ0v) is 9.30. The largest absolute Gasteiger partial charge is 0.573 e. The standard InChI is InChI=1S/C9H6BrF3O3/c10-6-3-5(4-8(14)15)1-2-7(6)16-9(11,12)13/h1-3H,4H2,(H,14,15). The Balaban J connectivity index is 2.87. The van der Waals surface area contributed by atoms with Crippen molar-refractivity contribution in [2.24, 2.45) is 0 Å². The van der Waals surface area contributed by atoms with Crippen molar-refractivity contribution < 1.29 is 27.8 Å². The van der Waals surface area contributed by atoms with Crippen molar-refractivity contribution in [3.63, 3.8) is 0 Å². The first-order chi connectivity index (χ1) is 7.28. The number of carboxylic acid groups (broad SMARTS) is 1. The van der Waals surface area contributed by atoms with Gasteiger partial charge in [-0.15, -0.1) is 13.2 Å². The summed E-state index contributed by atoms with van der Waals surface area (Å²) < 4.78 is 39.4. The zero-order valence-electron chi connectivity index (χ0n) is 7.71. The molecule has 0 aromatic heterocycles. The molecule has 0 saturated carbocycles. The van der Waals surface area contributed by atoms with Gasteiger partial charge in [0.2, 0.25) is 0 Å². The van der Waals surface area contributed by atoms with Crippen LogP contribution in [0.5, 0.6) is 5.75 Å². The lowest BCUT2D eigenvalue weighted by Gasteiger charge is -2.10. The van der Waals surface area contributed by atoms with Gasteiger partial charge in [0, 0.05) is 0 Å². The Morgan fingerprint density at radius 1 is 1.44 bits per heavy atom. The van der Waals surface area contributed by atoms with Crippen molar-refractivity contribution in [1.29, 1.82) is 0 Å². The van der Waals surface area contributed by atoms with Gasteiger partial charge in [0.25, 0.3) is 0 Å². The van der Waals surface area contributed by atoms with Gasteiger partial charge in [-0.25, -0.2) is 0 Å². The lowest BCUT2D eigenvalue weighted by Crippen LogP contribution is -2.17. The van der Waals surface area contributed by atoms with Crippen LogP contribution in [0.15, 0.2) is 22.7 Å². The molecule has 0 bridgehead atoms. The summed E-state index contributed by atoms with van der Waals surface area (Å²) in [5.74, 6) is -1.46. The summed E-state index contributed by atoms with van der Waals surface area (Å²) in [6.07, 6.45) is -5.03. The highest BCUT2D eigenvalue weighted by Gasteiger charge is 2.31. The average molecular weight is 299 g/mol. The average Bonchev–Trinajstić information content (AvgIpc) is 2.06. The molecule has 7 heteroatoms. The van der Waals surface area contributed by atoms with Gasteiger partial charge in [-0.1, -0.05) is 6.07 Å². The smallest absolute Gasteiger partial charge is 0.481 e. The molecule has 88 valence electrons. The van der Waals surface area contributed by atoms with Crippen molar-refractivity contribution >= 4 is 21.9 Å². The molecule has 1 N–H and O–H groups in total. The van der Waals surface area contributed by atoms with Gasteiger partial charge < -0.3 is 9.84 Å². The second-order valence-electron chi connectivity index (χ2n) is 2.88. The lowest BCUT2D eigenvalue weighted by atomic mass is 10.1. The minimum atomic E-state index is -4.77. The highest BCUT2D eigenvalue weighted by molar-refractivity contribution is 9.10. The summed E-state index contributed by atoms with van der Waals surface area (Å²) in [5.41, 5.74) is 0.383. The van der Waals surface area contributed by atoms with Gasteiger partial charge >= 0.3 is 12.3 Å². The Labute approximate surface area is 97.0 Å². The van der Waals surface area contributed by atoms with E-state index in [0.29, 0.717) is 5.56 Å². The number of ether oxygens (including phenoxy) is 1.